The zero-order valence-electron chi connectivity index (χ0n) is 17.3. The summed E-state index contributed by atoms with van der Waals surface area (Å²) in [5.74, 6) is 3.61. The molecule has 29 heavy (non-hydrogen) atoms. The number of hydrogen-bond donors (Lipinski definition) is 1. The molecule has 4 atom stereocenters. The highest BCUT2D eigenvalue weighted by atomic mass is 32.2. The molecule has 2 aromatic rings. The highest BCUT2D eigenvalue weighted by Gasteiger charge is 2.42. The third-order valence-electron chi connectivity index (χ3n) is 6.46. The standard InChI is InChI=1S/C23H30N4OS/c1-4-10-27-22(19-7-5-6-15(2)11-19)25-26-23(27)29-14-21(28)24-16(3)20-13-17-8-9-18(20)12-17/h4-7,11,16-18,20H,1,8-10,12-14H2,2-3H3,(H,24,28). The average Bonchev–Trinajstić information content (AvgIpc) is 3.42. The number of hydrogen-bond acceptors (Lipinski definition) is 4. The lowest BCUT2D eigenvalue weighted by Gasteiger charge is -2.28. The molecule has 1 aromatic carbocycles. The average molecular weight is 411 g/mol. The van der Waals surface area contributed by atoms with Gasteiger partial charge in [-0.3, -0.25) is 9.36 Å². The summed E-state index contributed by atoms with van der Waals surface area (Å²) in [6.45, 7) is 8.71. The lowest BCUT2D eigenvalue weighted by Crippen LogP contribution is -2.40. The van der Waals surface area contributed by atoms with Crippen LogP contribution < -0.4 is 5.32 Å². The molecule has 2 fully saturated rings. The molecule has 5 nitrogen and oxygen atoms in total. The fourth-order valence-electron chi connectivity index (χ4n) is 5.13. The van der Waals surface area contributed by atoms with Gasteiger partial charge in [0, 0.05) is 18.2 Å². The van der Waals surface area contributed by atoms with Gasteiger partial charge in [0.15, 0.2) is 11.0 Å². The number of benzene rings is 1. The number of nitrogens with one attached hydrogen (secondary N) is 1. The van der Waals surface area contributed by atoms with Crippen LogP contribution in [0.5, 0.6) is 0 Å². The van der Waals surface area contributed by atoms with E-state index in [1.54, 1.807) is 0 Å². The molecule has 154 valence electrons. The third kappa shape index (κ3) is 4.42. The first-order valence-corrected chi connectivity index (χ1v) is 11.6. The van der Waals surface area contributed by atoms with Crippen LogP contribution in [0.2, 0.25) is 0 Å². The van der Waals surface area contributed by atoms with Gasteiger partial charge in [0.1, 0.15) is 0 Å². The summed E-state index contributed by atoms with van der Waals surface area (Å²) >= 11 is 1.44. The molecule has 2 bridgehead atoms. The van der Waals surface area contributed by atoms with Crippen molar-refractivity contribution in [3.63, 3.8) is 0 Å². The number of rotatable bonds is 8. The maximum absolute atomic E-state index is 12.6. The number of allylic oxidation sites excluding steroid dienone is 1. The number of nitrogens with zero attached hydrogens (tertiary/aromatic N) is 3. The number of amides is 1. The SMILES string of the molecule is C=CCn1c(SCC(=O)NC(C)C2CC3CCC2C3)nnc1-c1cccc(C)c1. The Morgan fingerprint density at radius 3 is 2.93 bits per heavy atom. The number of aromatic nitrogens is 3. The zero-order chi connectivity index (χ0) is 20.4. The van der Waals surface area contributed by atoms with E-state index < -0.39 is 0 Å². The quantitative estimate of drug-likeness (QED) is 0.515. The van der Waals surface area contributed by atoms with Crippen molar-refractivity contribution in [2.45, 2.75) is 57.3 Å². The zero-order valence-corrected chi connectivity index (χ0v) is 18.1. The van der Waals surface area contributed by atoms with Crippen LogP contribution in [0, 0.1) is 24.7 Å². The Balaban J connectivity index is 1.39. The van der Waals surface area contributed by atoms with Crippen LogP contribution in [0.4, 0.5) is 0 Å². The largest absolute Gasteiger partial charge is 0.353 e. The topological polar surface area (TPSA) is 59.8 Å². The summed E-state index contributed by atoms with van der Waals surface area (Å²) in [7, 11) is 0. The van der Waals surface area contributed by atoms with E-state index in [-0.39, 0.29) is 11.9 Å². The van der Waals surface area contributed by atoms with Crippen molar-refractivity contribution >= 4 is 17.7 Å². The lowest BCUT2D eigenvalue weighted by atomic mass is 9.84. The van der Waals surface area contributed by atoms with Crippen LogP contribution >= 0.6 is 11.8 Å². The number of carbonyl (C=O) groups is 1. The summed E-state index contributed by atoms with van der Waals surface area (Å²) in [5.41, 5.74) is 2.21. The van der Waals surface area contributed by atoms with E-state index in [4.69, 9.17) is 0 Å². The Hall–Kier alpha value is -2.08. The first-order chi connectivity index (χ1) is 14.0. The predicted octanol–water partition coefficient (Wildman–Crippen LogP) is 4.47. The maximum Gasteiger partial charge on any atom is 0.230 e. The van der Waals surface area contributed by atoms with Crippen molar-refractivity contribution in [1.82, 2.24) is 20.1 Å². The minimum atomic E-state index is 0.0792. The fraction of sp³-hybridized carbons (Fsp3) is 0.522. The first kappa shape index (κ1) is 20.2. The molecular formula is C23H30N4OS. The predicted molar refractivity (Wildman–Crippen MR) is 118 cm³/mol. The van der Waals surface area contributed by atoms with Gasteiger partial charge in [0.05, 0.1) is 5.75 Å². The second kappa shape index (κ2) is 8.74. The molecule has 4 rings (SSSR count). The molecule has 1 heterocycles. The molecule has 1 amide bonds. The van der Waals surface area contributed by atoms with Crippen molar-refractivity contribution < 1.29 is 4.79 Å². The van der Waals surface area contributed by atoms with E-state index in [1.807, 2.05) is 22.8 Å². The molecule has 2 aliphatic carbocycles. The first-order valence-electron chi connectivity index (χ1n) is 10.6. The molecule has 1 N–H and O–H groups in total. The van der Waals surface area contributed by atoms with E-state index in [2.05, 4.69) is 48.1 Å². The molecule has 1 aromatic heterocycles. The number of fused-ring (bicyclic) bond motifs is 2. The normalized spacial score (nSPS) is 23.9. The summed E-state index contributed by atoms with van der Waals surface area (Å²) in [4.78, 5) is 12.6. The van der Waals surface area contributed by atoms with Crippen LogP contribution in [0.3, 0.4) is 0 Å². The highest BCUT2D eigenvalue weighted by Crippen LogP contribution is 2.49. The van der Waals surface area contributed by atoms with Crippen LogP contribution in [0.15, 0.2) is 42.1 Å². The Morgan fingerprint density at radius 1 is 1.38 bits per heavy atom. The Bertz CT molecular complexity index is 893. The number of aryl methyl sites for hydroxylation is 1. The third-order valence-corrected chi connectivity index (χ3v) is 7.43. The van der Waals surface area contributed by atoms with Gasteiger partial charge in [0.2, 0.25) is 5.91 Å². The van der Waals surface area contributed by atoms with Gasteiger partial charge in [0.25, 0.3) is 0 Å². The van der Waals surface area contributed by atoms with E-state index >= 15 is 0 Å². The number of carbonyl (C=O) groups excluding carboxylic acids is 1. The molecule has 2 saturated carbocycles. The van der Waals surface area contributed by atoms with Gasteiger partial charge in [-0.05, 0) is 56.9 Å². The van der Waals surface area contributed by atoms with Crippen molar-refractivity contribution in [2.24, 2.45) is 17.8 Å². The van der Waals surface area contributed by atoms with Crippen LogP contribution in [-0.4, -0.2) is 32.5 Å². The van der Waals surface area contributed by atoms with Crippen LogP contribution in [0.1, 0.15) is 38.2 Å². The van der Waals surface area contributed by atoms with E-state index in [0.29, 0.717) is 18.2 Å². The van der Waals surface area contributed by atoms with Gasteiger partial charge >= 0.3 is 0 Å². The van der Waals surface area contributed by atoms with Gasteiger partial charge in [-0.2, -0.15) is 0 Å². The van der Waals surface area contributed by atoms with Crippen molar-refractivity contribution in [2.75, 3.05) is 5.75 Å². The molecule has 0 saturated heterocycles. The summed E-state index contributed by atoms with van der Waals surface area (Å²) in [6.07, 6.45) is 7.22. The summed E-state index contributed by atoms with van der Waals surface area (Å²) < 4.78 is 2.03. The smallest absolute Gasteiger partial charge is 0.230 e. The fourth-order valence-corrected chi connectivity index (χ4v) is 5.88. The van der Waals surface area contributed by atoms with E-state index in [1.165, 1.54) is 43.0 Å². The minimum absolute atomic E-state index is 0.0792. The monoisotopic (exact) mass is 410 g/mol. The molecule has 6 heteroatoms. The lowest BCUT2D eigenvalue weighted by molar-refractivity contribution is -0.119. The molecule has 2 aliphatic rings. The molecule has 4 unspecified atom stereocenters. The second-order valence-corrected chi connectivity index (χ2v) is 9.50. The van der Waals surface area contributed by atoms with E-state index in [9.17, 15) is 4.79 Å². The van der Waals surface area contributed by atoms with Crippen molar-refractivity contribution in [3.8, 4) is 11.4 Å². The van der Waals surface area contributed by atoms with Crippen LogP contribution in [0.25, 0.3) is 11.4 Å². The summed E-state index contributed by atoms with van der Waals surface area (Å²) in [5, 5.41) is 12.7. The van der Waals surface area contributed by atoms with Gasteiger partial charge in [-0.25, -0.2) is 0 Å². The van der Waals surface area contributed by atoms with Crippen molar-refractivity contribution in [1.29, 1.82) is 0 Å². The highest BCUT2D eigenvalue weighted by molar-refractivity contribution is 7.99. The maximum atomic E-state index is 12.6. The van der Waals surface area contributed by atoms with Crippen molar-refractivity contribution in [3.05, 3.63) is 42.5 Å². The number of thioether (sulfide) groups is 1. The molecular weight excluding hydrogens is 380 g/mol. The van der Waals surface area contributed by atoms with Gasteiger partial charge in [-0.15, -0.1) is 16.8 Å². The molecule has 0 spiro atoms. The van der Waals surface area contributed by atoms with Crippen LogP contribution in [-0.2, 0) is 11.3 Å². The summed E-state index contributed by atoms with van der Waals surface area (Å²) in [6, 6.07) is 8.48. The van der Waals surface area contributed by atoms with Gasteiger partial charge < -0.3 is 5.32 Å². The Morgan fingerprint density at radius 2 is 2.24 bits per heavy atom. The second-order valence-electron chi connectivity index (χ2n) is 8.56. The van der Waals surface area contributed by atoms with E-state index in [0.717, 1.165) is 28.4 Å². The minimum Gasteiger partial charge on any atom is -0.353 e. The Kier molecular flexibility index (Phi) is 6.09. The molecule has 0 radical (unpaired) electrons. The Labute approximate surface area is 177 Å². The molecule has 0 aliphatic heterocycles. The van der Waals surface area contributed by atoms with Gasteiger partial charge in [-0.1, -0.05) is 48.0 Å².